The number of fused-ring (bicyclic) bond motifs is 1. The Morgan fingerprint density at radius 3 is 2.46 bits per heavy atom. The molecule has 0 radical (unpaired) electrons. The highest BCUT2D eigenvalue weighted by Crippen LogP contribution is 2.24. The standard InChI is InChI=1S/C34H40FN3O/c1-26-31(32-17-7-8-18-33(32)36-26)22-24-38(34(39)20-19-27-11-5-4-6-12-27)30(21-23-37(2)3)16-10-14-28-13-9-15-29(35)25-28/h4-9,11-13,15,17-20,25,30,36H,10,14,16,21-24H2,1-3H3/b20-19+. The van der Waals surface area contributed by atoms with Gasteiger partial charge in [0.05, 0.1) is 0 Å². The summed E-state index contributed by atoms with van der Waals surface area (Å²) in [5.41, 5.74) is 5.55. The fraction of sp³-hybridized carbons (Fsp3) is 0.324. The zero-order valence-corrected chi connectivity index (χ0v) is 23.4. The number of aromatic amines is 1. The van der Waals surface area contributed by atoms with E-state index in [4.69, 9.17) is 0 Å². The van der Waals surface area contributed by atoms with Crippen molar-refractivity contribution >= 4 is 22.9 Å². The minimum atomic E-state index is -0.200. The second kappa shape index (κ2) is 13.9. The van der Waals surface area contributed by atoms with Crippen molar-refractivity contribution in [2.24, 2.45) is 0 Å². The van der Waals surface area contributed by atoms with Gasteiger partial charge in [-0.1, -0.05) is 60.7 Å². The van der Waals surface area contributed by atoms with Crippen LogP contribution < -0.4 is 0 Å². The van der Waals surface area contributed by atoms with E-state index in [-0.39, 0.29) is 17.8 Å². The number of nitrogens with zero attached hydrogens (tertiary/aromatic N) is 2. The first kappa shape index (κ1) is 28.3. The first-order valence-corrected chi connectivity index (χ1v) is 13.9. The number of hydrogen-bond donors (Lipinski definition) is 1. The Kier molecular flexibility index (Phi) is 10.1. The summed E-state index contributed by atoms with van der Waals surface area (Å²) in [7, 11) is 4.14. The molecule has 204 valence electrons. The van der Waals surface area contributed by atoms with E-state index in [1.807, 2.05) is 48.5 Å². The predicted molar refractivity (Wildman–Crippen MR) is 160 cm³/mol. The molecule has 1 aromatic heterocycles. The van der Waals surface area contributed by atoms with E-state index in [9.17, 15) is 9.18 Å². The van der Waals surface area contributed by atoms with E-state index in [1.54, 1.807) is 18.2 Å². The van der Waals surface area contributed by atoms with Gasteiger partial charge in [0.15, 0.2) is 0 Å². The Bertz CT molecular complexity index is 1380. The SMILES string of the molecule is Cc1[nH]c2ccccc2c1CCN(C(=O)/C=C/c1ccccc1)C(CCCc1cccc(F)c1)CCN(C)C. The Hall–Kier alpha value is -3.70. The number of nitrogens with one attached hydrogen (secondary N) is 1. The lowest BCUT2D eigenvalue weighted by Gasteiger charge is -2.32. The molecule has 1 atom stereocenters. The molecule has 1 heterocycles. The molecule has 1 N–H and O–H groups in total. The number of amides is 1. The van der Waals surface area contributed by atoms with Gasteiger partial charge in [0.25, 0.3) is 0 Å². The highest BCUT2D eigenvalue weighted by molar-refractivity contribution is 5.92. The topological polar surface area (TPSA) is 39.3 Å². The highest BCUT2D eigenvalue weighted by atomic mass is 19.1. The molecule has 0 aliphatic carbocycles. The maximum absolute atomic E-state index is 13.8. The number of aromatic nitrogens is 1. The minimum absolute atomic E-state index is 0.0332. The second-order valence-electron chi connectivity index (χ2n) is 10.6. The molecular formula is C34H40FN3O. The van der Waals surface area contributed by atoms with E-state index in [0.29, 0.717) is 6.54 Å². The van der Waals surface area contributed by atoms with Gasteiger partial charge < -0.3 is 14.8 Å². The van der Waals surface area contributed by atoms with Crippen LogP contribution in [0.2, 0.25) is 0 Å². The van der Waals surface area contributed by atoms with Crippen molar-refractivity contribution in [2.45, 2.75) is 45.1 Å². The normalized spacial score (nSPS) is 12.4. The molecule has 4 nitrogen and oxygen atoms in total. The molecule has 0 aliphatic rings. The Morgan fingerprint density at radius 1 is 0.923 bits per heavy atom. The maximum Gasteiger partial charge on any atom is 0.246 e. The minimum Gasteiger partial charge on any atom is -0.358 e. The smallest absolute Gasteiger partial charge is 0.246 e. The van der Waals surface area contributed by atoms with Crippen molar-refractivity contribution in [1.82, 2.24) is 14.8 Å². The van der Waals surface area contributed by atoms with Crippen LogP contribution in [0.5, 0.6) is 0 Å². The van der Waals surface area contributed by atoms with E-state index in [1.165, 1.54) is 17.0 Å². The summed E-state index contributed by atoms with van der Waals surface area (Å²) in [4.78, 5) is 21.5. The average Bonchev–Trinajstić information content (AvgIpc) is 3.25. The van der Waals surface area contributed by atoms with Crippen molar-refractivity contribution in [2.75, 3.05) is 27.2 Å². The number of carbonyl (C=O) groups is 1. The van der Waals surface area contributed by atoms with Crippen LogP contribution in [0.15, 0.2) is 84.9 Å². The van der Waals surface area contributed by atoms with E-state index in [0.717, 1.165) is 61.0 Å². The van der Waals surface area contributed by atoms with Gasteiger partial charge in [-0.2, -0.15) is 0 Å². The summed E-state index contributed by atoms with van der Waals surface area (Å²) in [6.07, 6.45) is 7.83. The van der Waals surface area contributed by atoms with Crippen LogP contribution in [0, 0.1) is 12.7 Å². The van der Waals surface area contributed by atoms with Crippen molar-refractivity contribution < 1.29 is 9.18 Å². The lowest BCUT2D eigenvalue weighted by molar-refractivity contribution is -0.128. The van der Waals surface area contributed by atoms with Gasteiger partial charge in [-0.05, 0) is 101 Å². The number of aryl methyl sites for hydroxylation is 2. The quantitative estimate of drug-likeness (QED) is 0.190. The summed E-state index contributed by atoms with van der Waals surface area (Å²) in [5, 5.41) is 1.22. The van der Waals surface area contributed by atoms with Crippen molar-refractivity contribution in [3.63, 3.8) is 0 Å². The third-order valence-corrected chi connectivity index (χ3v) is 7.37. The number of H-pyrrole nitrogens is 1. The molecular weight excluding hydrogens is 485 g/mol. The number of carbonyl (C=O) groups excluding carboxylic acids is 1. The first-order chi connectivity index (χ1) is 18.9. The monoisotopic (exact) mass is 525 g/mol. The molecule has 0 aliphatic heterocycles. The van der Waals surface area contributed by atoms with Gasteiger partial charge in [-0.25, -0.2) is 4.39 Å². The van der Waals surface area contributed by atoms with Gasteiger partial charge in [-0.3, -0.25) is 4.79 Å². The molecule has 0 bridgehead atoms. The van der Waals surface area contributed by atoms with Gasteiger partial charge in [0, 0.05) is 35.3 Å². The predicted octanol–water partition coefficient (Wildman–Crippen LogP) is 7.04. The molecule has 4 aromatic rings. The van der Waals surface area contributed by atoms with Crippen molar-refractivity contribution in [3.8, 4) is 0 Å². The van der Waals surface area contributed by atoms with Crippen LogP contribution in [0.1, 0.15) is 41.6 Å². The molecule has 0 saturated carbocycles. The third kappa shape index (κ3) is 8.14. The number of para-hydroxylation sites is 1. The largest absolute Gasteiger partial charge is 0.358 e. The van der Waals surface area contributed by atoms with E-state index in [2.05, 4.69) is 54.0 Å². The molecule has 1 unspecified atom stereocenters. The van der Waals surface area contributed by atoms with Crippen LogP contribution in [0.3, 0.4) is 0 Å². The van der Waals surface area contributed by atoms with Crippen LogP contribution in [0.4, 0.5) is 4.39 Å². The Morgan fingerprint density at radius 2 is 1.69 bits per heavy atom. The number of halogens is 1. The Balaban J connectivity index is 1.56. The molecule has 5 heteroatoms. The van der Waals surface area contributed by atoms with Crippen LogP contribution in [-0.4, -0.2) is 53.9 Å². The van der Waals surface area contributed by atoms with Crippen LogP contribution >= 0.6 is 0 Å². The average molecular weight is 526 g/mol. The van der Waals surface area contributed by atoms with E-state index < -0.39 is 0 Å². The number of hydrogen-bond acceptors (Lipinski definition) is 2. The number of rotatable bonds is 13. The number of benzene rings is 3. The highest BCUT2D eigenvalue weighted by Gasteiger charge is 2.23. The fourth-order valence-corrected chi connectivity index (χ4v) is 5.29. The van der Waals surface area contributed by atoms with Gasteiger partial charge in [-0.15, -0.1) is 0 Å². The summed E-state index contributed by atoms with van der Waals surface area (Å²) in [5.74, 6) is -0.167. The van der Waals surface area contributed by atoms with Gasteiger partial charge in [0.2, 0.25) is 5.91 Å². The summed E-state index contributed by atoms with van der Waals surface area (Å²) in [6, 6.07) is 25.2. The van der Waals surface area contributed by atoms with E-state index >= 15 is 0 Å². The molecule has 4 rings (SSSR count). The summed E-state index contributed by atoms with van der Waals surface area (Å²) in [6.45, 7) is 3.64. The molecule has 0 fully saturated rings. The molecule has 39 heavy (non-hydrogen) atoms. The third-order valence-electron chi connectivity index (χ3n) is 7.37. The second-order valence-corrected chi connectivity index (χ2v) is 10.6. The summed E-state index contributed by atoms with van der Waals surface area (Å²) >= 11 is 0. The molecule has 0 spiro atoms. The molecule has 0 saturated heterocycles. The van der Waals surface area contributed by atoms with Crippen molar-refractivity contribution in [3.05, 3.63) is 113 Å². The zero-order chi connectivity index (χ0) is 27.6. The van der Waals surface area contributed by atoms with Gasteiger partial charge in [0.1, 0.15) is 5.82 Å². The zero-order valence-electron chi connectivity index (χ0n) is 23.4. The van der Waals surface area contributed by atoms with Crippen LogP contribution in [0.25, 0.3) is 17.0 Å². The van der Waals surface area contributed by atoms with Gasteiger partial charge >= 0.3 is 0 Å². The molecule has 3 aromatic carbocycles. The molecule has 1 amide bonds. The lowest BCUT2D eigenvalue weighted by atomic mass is 9.99. The van der Waals surface area contributed by atoms with Crippen molar-refractivity contribution in [1.29, 1.82) is 0 Å². The first-order valence-electron chi connectivity index (χ1n) is 13.9. The Labute approximate surface area is 232 Å². The lowest BCUT2D eigenvalue weighted by Crippen LogP contribution is -2.42. The fourth-order valence-electron chi connectivity index (χ4n) is 5.29. The van der Waals surface area contributed by atoms with Crippen LogP contribution in [-0.2, 0) is 17.6 Å². The summed E-state index contributed by atoms with van der Waals surface area (Å²) < 4.78 is 13.7. The maximum atomic E-state index is 13.8.